The standard InChI is InChI=1S/C21H12N2O3S/c24-20(23-13-6-7-17-19(9-13)27-11-22-17)16-10-15-14-4-2-1-3-12(14)5-8-18(15)26-21(16)25/h1-11H,(H,23,24). The SMILES string of the molecule is O=C(Nc1ccc2ncsc2c1)c1cc2c(ccc3ccccc32)oc1=O. The number of carbonyl (C=O) groups is 1. The van der Waals surface area contributed by atoms with Crippen LogP contribution in [-0.2, 0) is 0 Å². The maximum Gasteiger partial charge on any atom is 0.349 e. The molecular formula is C21H12N2O3S. The summed E-state index contributed by atoms with van der Waals surface area (Å²) in [4.78, 5) is 29.3. The molecule has 6 heteroatoms. The van der Waals surface area contributed by atoms with Crippen LogP contribution in [0.5, 0.6) is 0 Å². The van der Waals surface area contributed by atoms with Gasteiger partial charge in [0.25, 0.3) is 5.91 Å². The highest BCUT2D eigenvalue weighted by molar-refractivity contribution is 7.16. The van der Waals surface area contributed by atoms with E-state index in [-0.39, 0.29) is 5.56 Å². The van der Waals surface area contributed by atoms with Gasteiger partial charge in [-0.3, -0.25) is 4.79 Å². The molecule has 0 fully saturated rings. The molecule has 2 aromatic heterocycles. The predicted octanol–water partition coefficient (Wildman–Crippen LogP) is 4.81. The zero-order valence-corrected chi connectivity index (χ0v) is 14.7. The first kappa shape index (κ1) is 15.7. The Bertz CT molecular complexity index is 1400. The zero-order chi connectivity index (χ0) is 18.4. The van der Waals surface area contributed by atoms with E-state index in [2.05, 4.69) is 10.3 Å². The maximum absolute atomic E-state index is 12.7. The van der Waals surface area contributed by atoms with Crippen LogP contribution in [0.25, 0.3) is 32.0 Å². The summed E-state index contributed by atoms with van der Waals surface area (Å²) in [6.45, 7) is 0. The summed E-state index contributed by atoms with van der Waals surface area (Å²) in [5.41, 5.74) is 3.00. The smallest absolute Gasteiger partial charge is 0.349 e. The molecule has 5 rings (SSSR count). The molecule has 0 aliphatic carbocycles. The van der Waals surface area contributed by atoms with Gasteiger partial charge in [-0.05, 0) is 41.1 Å². The molecule has 2 heterocycles. The third-order valence-electron chi connectivity index (χ3n) is 4.48. The molecule has 0 aliphatic heterocycles. The fraction of sp³-hybridized carbons (Fsp3) is 0. The van der Waals surface area contributed by atoms with Crippen LogP contribution in [0.4, 0.5) is 5.69 Å². The number of benzene rings is 3. The number of hydrogen-bond donors (Lipinski definition) is 1. The number of amides is 1. The van der Waals surface area contributed by atoms with Gasteiger partial charge in [0.1, 0.15) is 11.1 Å². The van der Waals surface area contributed by atoms with Crippen molar-refractivity contribution in [1.29, 1.82) is 0 Å². The minimum absolute atomic E-state index is 0.0248. The molecule has 0 atom stereocenters. The molecule has 5 nitrogen and oxygen atoms in total. The van der Waals surface area contributed by atoms with Crippen molar-refractivity contribution in [2.24, 2.45) is 0 Å². The second-order valence-electron chi connectivity index (χ2n) is 6.14. The van der Waals surface area contributed by atoms with E-state index in [1.54, 1.807) is 23.7 Å². The van der Waals surface area contributed by atoms with Crippen LogP contribution in [0.15, 0.2) is 75.4 Å². The summed E-state index contributed by atoms with van der Waals surface area (Å²) in [5, 5.41) is 5.45. The Balaban J connectivity index is 1.60. The van der Waals surface area contributed by atoms with Crippen LogP contribution in [0.3, 0.4) is 0 Å². The van der Waals surface area contributed by atoms with Gasteiger partial charge in [-0.1, -0.05) is 30.3 Å². The highest BCUT2D eigenvalue weighted by atomic mass is 32.1. The van der Waals surface area contributed by atoms with Crippen molar-refractivity contribution < 1.29 is 9.21 Å². The third-order valence-corrected chi connectivity index (χ3v) is 5.27. The second kappa shape index (κ2) is 6.03. The summed E-state index contributed by atoms with van der Waals surface area (Å²) < 4.78 is 6.36. The topological polar surface area (TPSA) is 72.2 Å². The average Bonchev–Trinajstić information content (AvgIpc) is 3.15. The molecule has 0 bridgehead atoms. The lowest BCUT2D eigenvalue weighted by atomic mass is 10.0. The Kier molecular flexibility index (Phi) is 3.51. The highest BCUT2D eigenvalue weighted by Crippen LogP contribution is 2.26. The van der Waals surface area contributed by atoms with Crippen molar-refractivity contribution in [2.45, 2.75) is 0 Å². The highest BCUT2D eigenvalue weighted by Gasteiger charge is 2.15. The van der Waals surface area contributed by atoms with E-state index in [1.165, 1.54) is 11.3 Å². The van der Waals surface area contributed by atoms with Crippen molar-refractivity contribution in [3.8, 4) is 0 Å². The minimum atomic E-state index is -0.658. The van der Waals surface area contributed by atoms with Crippen molar-refractivity contribution in [1.82, 2.24) is 4.98 Å². The number of rotatable bonds is 2. The van der Waals surface area contributed by atoms with E-state index in [0.29, 0.717) is 11.3 Å². The Labute approximate surface area is 156 Å². The number of nitrogens with zero attached hydrogens (tertiary/aromatic N) is 1. The number of fused-ring (bicyclic) bond motifs is 4. The Morgan fingerprint density at radius 1 is 1.00 bits per heavy atom. The van der Waals surface area contributed by atoms with Crippen molar-refractivity contribution >= 4 is 54.9 Å². The van der Waals surface area contributed by atoms with Gasteiger partial charge in [0.15, 0.2) is 0 Å². The number of carbonyl (C=O) groups excluding carboxylic acids is 1. The van der Waals surface area contributed by atoms with Crippen molar-refractivity contribution in [3.05, 3.63) is 82.2 Å². The number of thiazole rings is 1. The van der Waals surface area contributed by atoms with E-state index in [1.807, 2.05) is 42.5 Å². The van der Waals surface area contributed by atoms with E-state index < -0.39 is 11.5 Å². The molecule has 0 aliphatic rings. The van der Waals surface area contributed by atoms with Gasteiger partial charge in [-0.15, -0.1) is 11.3 Å². The van der Waals surface area contributed by atoms with Gasteiger partial charge in [0.2, 0.25) is 0 Å². The normalized spacial score (nSPS) is 11.3. The van der Waals surface area contributed by atoms with E-state index in [9.17, 15) is 9.59 Å². The first-order valence-corrected chi connectivity index (χ1v) is 9.17. The first-order valence-electron chi connectivity index (χ1n) is 8.29. The molecule has 0 saturated carbocycles. The quantitative estimate of drug-likeness (QED) is 0.357. The Morgan fingerprint density at radius 2 is 1.89 bits per heavy atom. The molecule has 0 spiro atoms. The minimum Gasteiger partial charge on any atom is -0.422 e. The van der Waals surface area contributed by atoms with Crippen molar-refractivity contribution in [3.63, 3.8) is 0 Å². The summed E-state index contributed by atoms with van der Waals surface area (Å²) in [6.07, 6.45) is 0. The Hall–Kier alpha value is -3.51. The van der Waals surface area contributed by atoms with Crippen molar-refractivity contribution in [2.75, 3.05) is 5.32 Å². The first-order chi connectivity index (χ1) is 13.2. The molecule has 0 saturated heterocycles. The summed E-state index contributed by atoms with van der Waals surface area (Å²) in [5.74, 6) is -0.498. The van der Waals surface area contributed by atoms with Gasteiger partial charge in [0.05, 0.1) is 15.7 Å². The van der Waals surface area contributed by atoms with Crippen LogP contribution in [0, 0.1) is 0 Å². The second-order valence-corrected chi connectivity index (χ2v) is 7.02. The number of hydrogen-bond acceptors (Lipinski definition) is 5. The van der Waals surface area contributed by atoms with Gasteiger partial charge in [-0.25, -0.2) is 9.78 Å². The molecule has 1 N–H and O–H groups in total. The lowest BCUT2D eigenvalue weighted by molar-refractivity contribution is 0.102. The van der Waals surface area contributed by atoms with Crippen LogP contribution >= 0.6 is 11.3 Å². The van der Waals surface area contributed by atoms with Gasteiger partial charge in [-0.2, -0.15) is 0 Å². The molecular weight excluding hydrogens is 360 g/mol. The van der Waals surface area contributed by atoms with Crippen LogP contribution < -0.4 is 10.9 Å². The number of anilines is 1. The van der Waals surface area contributed by atoms with Crippen LogP contribution in [0.2, 0.25) is 0 Å². The van der Waals surface area contributed by atoms with Crippen LogP contribution in [0.1, 0.15) is 10.4 Å². The van der Waals surface area contributed by atoms with Gasteiger partial charge < -0.3 is 9.73 Å². The summed E-state index contributed by atoms with van der Waals surface area (Å²) >= 11 is 1.49. The third kappa shape index (κ3) is 2.67. The fourth-order valence-electron chi connectivity index (χ4n) is 3.16. The van der Waals surface area contributed by atoms with Gasteiger partial charge >= 0.3 is 5.63 Å². The predicted molar refractivity (Wildman–Crippen MR) is 108 cm³/mol. The van der Waals surface area contributed by atoms with E-state index >= 15 is 0 Å². The Morgan fingerprint density at radius 3 is 2.81 bits per heavy atom. The molecule has 0 radical (unpaired) electrons. The summed E-state index contributed by atoms with van der Waals surface area (Å²) in [7, 11) is 0. The van der Waals surface area contributed by atoms with Crippen LogP contribution in [-0.4, -0.2) is 10.9 Å². The molecule has 27 heavy (non-hydrogen) atoms. The molecule has 0 unspecified atom stereocenters. The van der Waals surface area contributed by atoms with E-state index in [0.717, 1.165) is 26.4 Å². The number of aromatic nitrogens is 1. The fourth-order valence-corrected chi connectivity index (χ4v) is 3.88. The number of nitrogens with one attached hydrogen (secondary N) is 1. The van der Waals surface area contributed by atoms with E-state index in [4.69, 9.17) is 4.42 Å². The molecule has 3 aromatic carbocycles. The lowest BCUT2D eigenvalue weighted by Crippen LogP contribution is -2.20. The molecule has 130 valence electrons. The largest absolute Gasteiger partial charge is 0.422 e. The molecule has 5 aromatic rings. The molecule has 1 amide bonds. The summed E-state index contributed by atoms with van der Waals surface area (Å²) in [6, 6.07) is 18.4. The maximum atomic E-state index is 12.7. The average molecular weight is 372 g/mol. The lowest BCUT2D eigenvalue weighted by Gasteiger charge is -2.07. The monoisotopic (exact) mass is 372 g/mol. The van der Waals surface area contributed by atoms with Gasteiger partial charge in [0, 0.05) is 11.1 Å². The zero-order valence-electron chi connectivity index (χ0n) is 13.9.